The van der Waals surface area contributed by atoms with Crippen molar-refractivity contribution < 1.29 is 14.1 Å². The fourth-order valence-corrected chi connectivity index (χ4v) is 2.41. The number of hydrogen-bond acceptors (Lipinski definition) is 4. The molecule has 1 aromatic carbocycles. The molecule has 0 bridgehead atoms. The second kappa shape index (κ2) is 5.96. The molecule has 23 heavy (non-hydrogen) atoms. The summed E-state index contributed by atoms with van der Waals surface area (Å²) in [5.74, 6) is -1.15. The summed E-state index contributed by atoms with van der Waals surface area (Å²) in [6.45, 7) is 0.236. The van der Waals surface area contributed by atoms with Gasteiger partial charge in [0, 0.05) is 17.4 Å². The monoisotopic (exact) mass is 338 g/mol. The molecule has 1 aromatic heterocycles. The Morgan fingerprint density at radius 1 is 1.52 bits per heavy atom. The van der Waals surface area contributed by atoms with Crippen molar-refractivity contribution in [3.63, 3.8) is 0 Å². The van der Waals surface area contributed by atoms with E-state index in [0.717, 1.165) is 0 Å². The maximum absolute atomic E-state index is 13.5. The van der Waals surface area contributed by atoms with Gasteiger partial charge in [0.15, 0.2) is 0 Å². The van der Waals surface area contributed by atoms with Crippen LogP contribution in [0.4, 0.5) is 10.2 Å². The van der Waals surface area contributed by atoms with E-state index in [1.54, 1.807) is 12.1 Å². The second-order valence-corrected chi connectivity index (χ2v) is 5.71. The number of halogens is 2. The summed E-state index contributed by atoms with van der Waals surface area (Å²) in [6, 6.07) is 5.16. The fourth-order valence-electron chi connectivity index (χ4n) is 2.29. The first kappa shape index (κ1) is 15.4. The van der Waals surface area contributed by atoms with Gasteiger partial charge >= 0.3 is 0 Å². The van der Waals surface area contributed by atoms with Crippen molar-refractivity contribution in [2.75, 3.05) is 5.32 Å². The number of benzene rings is 1. The van der Waals surface area contributed by atoms with Gasteiger partial charge < -0.3 is 5.32 Å². The third-order valence-corrected chi connectivity index (χ3v) is 3.96. The van der Waals surface area contributed by atoms with Crippen molar-refractivity contribution >= 4 is 23.3 Å². The van der Waals surface area contributed by atoms with Gasteiger partial charge in [-0.15, -0.1) is 0 Å². The van der Waals surface area contributed by atoms with Crippen LogP contribution in [-0.4, -0.2) is 26.7 Å². The van der Waals surface area contributed by atoms with Crippen molar-refractivity contribution in [1.29, 1.82) is 0 Å². The van der Waals surface area contributed by atoms with Gasteiger partial charge in [-0.3, -0.25) is 14.9 Å². The van der Waals surface area contributed by atoms with Crippen molar-refractivity contribution in [3.8, 4) is 0 Å². The molecular formula is C14H12ClFN4O3. The van der Waals surface area contributed by atoms with Gasteiger partial charge in [-0.1, -0.05) is 17.7 Å². The van der Waals surface area contributed by atoms with Gasteiger partial charge in [0.05, 0.1) is 17.8 Å². The standard InChI is InChI=1S/C14H12ClFN4O3/c15-10-2-1-8(5-11(10)16)7-19-13(3-4-17-19)18-14(21)9-6-12(9)20(22)23/h1-5,9,12H,6-7H2,(H,18,21)/t9-,12+/m0/s1. The third kappa shape index (κ3) is 3.31. The Morgan fingerprint density at radius 2 is 2.30 bits per heavy atom. The predicted octanol–water partition coefficient (Wildman–Crippen LogP) is 2.33. The number of anilines is 1. The van der Waals surface area contributed by atoms with Crippen molar-refractivity contribution in [3.05, 3.63) is 57.0 Å². The molecule has 9 heteroatoms. The average molecular weight is 339 g/mol. The van der Waals surface area contributed by atoms with Crippen LogP contribution in [0.2, 0.25) is 5.02 Å². The largest absolute Gasteiger partial charge is 0.310 e. The molecule has 1 amide bonds. The third-order valence-electron chi connectivity index (χ3n) is 3.65. The Hall–Kier alpha value is -2.48. The van der Waals surface area contributed by atoms with Crippen LogP contribution in [-0.2, 0) is 11.3 Å². The predicted molar refractivity (Wildman–Crippen MR) is 80.3 cm³/mol. The van der Waals surface area contributed by atoms with Crippen molar-refractivity contribution in [1.82, 2.24) is 9.78 Å². The zero-order valence-corrected chi connectivity index (χ0v) is 12.5. The normalized spacial score (nSPS) is 19.4. The summed E-state index contributed by atoms with van der Waals surface area (Å²) in [5, 5.41) is 17.3. The van der Waals surface area contributed by atoms with Crippen LogP contribution >= 0.6 is 11.6 Å². The lowest BCUT2D eigenvalue weighted by molar-refractivity contribution is -0.497. The SMILES string of the molecule is O=C(Nc1ccnn1Cc1ccc(Cl)c(F)c1)[C@H]1C[C@H]1[N+](=O)[O-]. The van der Waals surface area contributed by atoms with Crippen molar-refractivity contribution in [2.24, 2.45) is 5.92 Å². The second-order valence-electron chi connectivity index (χ2n) is 5.31. The molecule has 1 N–H and O–H groups in total. The molecule has 0 saturated heterocycles. The van der Waals surface area contributed by atoms with Crippen LogP contribution in [0.15, 0.2) is 30.5 Å². The maximum Gasteiger partial charge on any atom is 0.235 e. The van der Waals surface area contributed by atoms with E-state index in [1.807, 2.05) is 0 Å². The Morgan fingerprint density at radius 3 is 2.96 bits per heavy atom. The molecule has 0 radical (unpaired) electrons. The number of nitrogens with one attached hydrogen (secondary N) is 1. The fraction of sp³-hybridized carbons (Fsp3) is 0.286. The van der Waals surface area contributed by atoms with Crippen LogP contribution in [0.3, 0.4) is 0 Å². The smallest absolute Gasteiger partial charge is 0.235 e. The molecule has 2 atom stereocenters. The van der Waals surface area contributed by atoms with Crippen molar-refractivity contribution in [2.45, 2.75) is 19.0 Å². The van der Waals surface area contributed by atoms with Gasteiger partial charge in [-0.2, -0.15) is 5.10 Å². The molecule has 7 nitrogen and oxygen atoms in total. The van der Waals surface area contributed by atoms with E-state index in [9.17, 15) is 19.3 Å². The number of hydrogen-bond donors (Lipinski definition) is 1. The van der Waals surface area contributed by atoms with E-state index >= 15 is 0 Å². The minimum atomic E-state index is -0.809. The van der Waals surface area contributed by atoms with Crippen LogP contribution < -0.4 is 5.32 Å². The highest BCUT2D eigenvalue weighted by Crippen LogP contribution is 2.34. The van der Waals surface area contributed by atoms with Crippen LogP contribution in [0.25, 0.3) is 0 Å². The van der Waals surface area contributed by atoms with Gasteiger partial charge in [-0.05, 0) is 17.7 Å². The molecule has 1 saturated carbocycles. The summed E-state index contributed by atoms with van der Waals surface area (Å²) < 4.78 is 14.9. The number of carbonyl (C=O) groups excluding carboxylic acids is 1. The maximum atomic E-state index is 13.5. The Bertz CT molecular complexity index is 779. The lowest BCUT2D eigenvalue weighted by atomic mass is 10.2. The molecular weight excluding hydrogens is 327 g/mol. The molecule has 1 heterocycles. The topological polar surface area (TPSA) is 90.1 Å². The molecule has 3 rings (SSSR count). The first-order valence-electron chi connectivity index (χ1n) is 6.86. The van der Waals surface area contributed by atoms with E-state index in [4.69, 9.17) is 11.6 Å². The summed E-state index contributed by atoms with van der Waals surface area (Å²) in [7, 11) is 0. The van der Waals surface area contributed by atoms with E-state index < -0.39 is 28.6 Å². The zero-order chi connectivity index (χ0) is 16.6. The lowest BCUT2D eigenvalue weighted by Crippen LogP contribution is -2.20. The Balaban J connectivity index is 1.69. The number of carbonyl (C=O) groups is 1. The number of nitrogens with zero attached hydrogens (tertiary/aromatic N) is 3. The molecule has 0 unspecified atom stereocenters. The minimum Gasteiger partial charge on any atom is -0.310 e. The average Bonchev–Trinajstić information content (AvgIpc) is 3.21. The highest BCUT2D eigenvalue weighted by atomic mass is 35.5. The highest BCUT2D eigenvalue weighted by molar-refractivity contribution is 6.30. The number of amides is 1. The summed E-state index contributed by atoms with van der Waals surface area (Å²) >= 11 is 5.63. The zero-order valence-electron chi connectivity index (χ0n) is 11.8. The molecule has 0 spiro atoms. The molecule has 1 fully saturated rings. The minimum absolute atomic E-state index is 0.0299. The van der Waals surface area contributed by atoms with Gasteiger partial charge in [0.25, 0.3) is 0 Å². The summed E-state index contributed by atoms with van der Waals surface area (Å²) in [5.41, 5.74) is 0.626. The molecule has 1 aliphatic rings. The molecule has 2 aromatic rings. The highest BCUT2D eigenvalue weighted by Gasteiger charge is 2.53. The van der Waals surface area contributed by atoms with Gasteiger partial charge in [-0.25, -0.2) is 9.07 Å². The molecule has 1 aliphatic carbocycles. The summed E-state index contributed by atoms with van der Waals surface area (Å²) in [6.07, 6.45) is 1.73. The van der Waals surface area contributed by atoms with E-state index in [0.29, 0.717) is 11.4 Å². The molecule has 120 valence electrons. The Kier molecular flexibility index (Phi) is 3.99. The van der Waals surface area contributed by atoms with Crippen LogP contribution in [0.5, 0.6) is 0 Å². The van der Waals surface area contributed by atoms with E-state index in [2.05, 4.69) is 10.4 Å². The van der Waals surface area contributed by atoms with Crippen LogP contribution in [0, 0.1) is 21.8 Å². The quantitative estimate of drug-likeness (QED) is 0.669. The van der Waals surface area contributed by atoms with Gasteiger partial charge in [0.2, 0.25) is 11.9 Å². The molecule has 0 aliphatic heterocycles. The number of aromatic nitrogens is 2. The lowest BCUT2D eigenvalue weighted by Gasteiger charge is -2.09. The van der Waals surface area contributed by atoms with E-state index in [-0.39, 0.29) is 18.0 Å². The summed E-state index contributed by atoms with van der Waals surface area (Å²) in [4.78, 5) is 22.1. The first-order chi connectivity index (χ1) is 11.0. The van der Waals surface area contributed by atoms with Crippen LogP contribution in [0.1, 0.15) is 12.0 Å². The first-order valence-corrected chi connectivity index (χ1v) is 7.23. The van der Waals surface area contributed by atoms with Gasteiger partial charge in [0.1, 0.15) is 17.6 Å². The van der Waals surface area contributed by atoms with E-state index in [1.165, 1.54) is 23.0 Å². The number of rotatable bonds is 5. The number of nitro groups is 1. The Labute approximate surface area is 135 Å².